The molecule has 0 saturated carbocycles. The maximum atomic E-state index is 12.6. The first-order valence-electron chi connectivity index (χ1n) is 11.4. The number of morpholine rings is 1. The summed E-state index contributed by atoms with van der Waals surface area (Å²) in [5.74, 6) is 1.92. The Morgan fingerprint density at radius 2 is 2.00 bits per heavy atom. The number of nitrogens with one attached hydrogen (secondary N) is 1. The highest BCUT2D eigenvalue weighted by atomic mass is 16.5. The molecule has 0 aromatic carbocycles. The molecule has 1 aromatic heterocycles. The zero-order chi connectivity index (χ0) is 20.1. The zero-order valence-corrected chi connectivity index (χ0v) is 17.7. The first-order valence-corrected chi connectivity index (χ1v) is 11.4. The summed E-state index contributed by atoms with van der Waals surface area (Å²) in [6.45, 7) is 9.87. The summed E-state index contributed by atoms with van der Waals surface area (Å²) >= 11 is 0. The molecule has 0 bridgehead atoms. The second kappa shape index (κ2) is 9.85. The van der Waals surface area contributed by atoms with E-state index in [0.717, 1.165) is 101 Å². The number of amides is 1. The van der Waals surface area contributed by atoms with Crippen LogP contribution in [0, 0.1) is 11.8 Å². The average Bonchev–Trinajstić information content (AvgIpc) is 2.77. The van der Waals surface area contributed by atoms with Crippen molar-refractivity contribution in [1.82, 2.24) is 20.2 Å². The lowest BCUT2D eigenvalue weighted by Gasteiger charge is -2.31. The van der Waals surface area contributed by atoms with Crippen molar-refractivity contribution in [2.24, 2.45) is 11.8 Å². The van der Waals surface area contributed by atoms with Gasteiger partial charge in [-0.05, 0) is 56.6 Å². The molecule has 2 fully saturated rings. The highest BCUT2D eigenvalue weighted by molar-refractivity contribution is 5.79. The molecule has 1 amide bonds. The smallest absolute Gasteiger partial charge is 0.225 e. The van der Waals surface area contributed by atoms with Gasteiger partial charge in [-0.25, -0.2) is 9.97 Å². The summed E-state index contributed by atoms with van der Waals surface area (Å²) in [6.07, 6.45) is 7.92. The Morgan fingerprint density at radius 1 is 1.21 bits per heavy atom. The van der Waals surface area contributed by atoms with E-state index < -0.39 is 0 Å². The molecular formula is C22H35N5O2. The Labute approximate surface area is 174 Å². The van der Waals surface area contributed by atoms with E-state index in [1.165, 1.54) is 12.8 Å². The van der Waals surface area contributed by atoms with E-state index in [1.807, 2.05) is 6.20 Å². The van der Waals surface area contributed by atoms with Gasteiger partial charge in [-0.1, -0.05) is 6.92 Å². The molecular weight excluding hydrogens is 366 g/mol. The van der Waals surface area contributed by atoms with E-state index in [4.69, 9.17) is 9.72 Å². The third-order valence-electron chi connectivity index (χ3n) is 6.63. The predicted molar refractivity (Wildman–Crippen MR) is 113 cm³/mol. The van der Waals surface area contributed by atoms with E-state index in [-0.39, 0.29) is 11.8 Å². The van der Waals surface area contributed by atoms with Crippen molar-refractivity contribution >= 4 is 11.9 Å². The van der Waals surface area contributed by atoms with Gasteiger partial charge in [0.25, 0.3) is 0 Å². The normalized spacial score (nSPS) is 23.6. The molecule has 1 aromatic rings. The van der Waals surface area contributed by atoms with E-state index in [2.05, 4.69) is 27.0 Å². The summed E-state index contributed by atoms with van der Waals surface area (Å²) in [5.41, 5.74) is 2.30. The maximum Gasteiger partial charge on any atom is 0.225 e. The number of nitrogens with zero attached hydrogens (tertiary/aromatic N) is 4. The molecule has 7 nitrogen and oxygen atoms in total. The number of carbonyl (C=O) groups is 1. The van der Waals surface area contributed by atoms with Crippen molar-refractivity contribution in [3.05, 3.63) is 17.5 Å². The van der Waals surface area contributed by atoms with Gasteiger partial charge in [0, 0.05) is 50.5 Å². The van der Waals surface area contributed by atoms with Crippen LogP contribution in [0.15, 0.2) is 6.20 Å². The quantitative estimate of drug-likeness (QED) is 0.731. The number of carbonyl (C=O) groups excluding carboxylic acids is 1. The molecule has 0 radical (unpaired) electrons. The predicted octanol–water partition coefficient (Wildman–Crippen LogP) is 1.66. The second-order valence-electron chi connectivity index (χ2n) is 8.85. The standard InChI is InChI=1S/C22H35N5O2/c1-17-5-9-27(10-6-17)22-24-16-19-15-18(3-4-20(19)25-22)21(28)23-7-2-8-26-11-13-29-14-12-26/h16-18H,2-15H2,1H3,(H,23,28). The summed E-state index contributed by atoms with van der Waals surface area (Å²) in [4.78, 5) is 26.8. The molecule has 4 rings (SSSR count). The largest absolute Gasteiger partial charge is 0.379 e. The van der Waals surface area contributed by atoms with E-state index in [1.54, 1.807) is 0 Å². The minimum atomic E-state index is 0.0520. The van der Waals surface area contributed by atoms with Gasteiger partial charge in [-0.2, -0.15) is 0 Å². The summed E-state index contributed by atoms with van der Waals surface area (Å²) in [7, 11) is 0. The number of anilines is 1. The van der Waals surface area contributed by atoms with Crippen LogP contribution in [0.5, 0.6) is 0 Å². The van der Waals surface area contributed by atoms with Gasteiger partial charge in [0.2, 0.25) is 11.9 Å². The Balaban J connectivity index is 1.23. The molecule has 29 heavy (non-hydrogen) atoms. The van der Waals surface area contributed by atoms with Crippen LogP contribution in [0.2, 0.25) is 0 Å². The number of ether oxygens (including phenoxy) is 1. The van der Waals surface area contributed by atoms with E-state index in [9.17, 15) is 4.79 Å². The van der Waals surface area contributed by atoms with Gasteiger partial charge >= 0.3 is 0 Å². The van der Waals surface area contributed by atoms with Gasteiger partial charge in [-0.3, -0.25) is 9.69 Å². The van der Waals surface area contributed by atoms with Crippen LogP contribution in [0.25, 0.3) is 0 Å². The lowest BCUT2D eigenvalue weighted by molar-refractivity contribution is -0.125. The van der Waals surface area contributed by atoms with Crippen molar-refractivity contribution in [1.29, 1.82) is 0 Å². The summed E-state index contributed by atoms with van der Waals surface area (Å²) in [5, 5.41) is 3.14. The number of hydrogen-bond acceptors (Lipinski definition) is 6. The fraction of sp³-hybridized carbons (Fsp3) is 0.773. The lowest BCUT2D eigenvalue weighted by Crippen LogP contribution is -2.39. The van der Waals surface area contributed by atoms with Gasteiger partial charge in [0.15, 0.2) is 0 Å². The topological polar surface area (TPSA) is 70.6 Å². The highest BCUT2D eigenvalue weighted by Gasteiger charge is 2.27. The minimum Gasteiger partial charge on any atom is -0.379 e. The second-order valence-corrected chi connectivity index (χ2v) is 8.85. The van der Waals surface area contributed by atoms with Crippen LogP contribution in [0.4, 0.5) is 5.95 Å². The third kappa shape index (κ3) is 5.45. The molecule has 7 heteroatoms. The number of piperidine rings is 1. The fourth-order valence-corrected chi connectivity index (χ4v) is 4.57. The molecule has 160 valence electrons. The zero-order valence-electron chi connectivity index (χ0n) is 17.7. The van der Waals surface area contributed by atoms with E-state index >= 15 is 0 Å². The van der Waals surface area contributed by atoms with E-state index in [0.29, 0.717) is 0 Å². The van der Waals surface area contributed by atoms with Crippen molar-refractivity contribution in [2.45, 2.75) is 45.4 Å². The molecule has 0 spiro atoms. The highest BCUT2D eigenvalue weighted by Crippen LogP contribution is 2.27. The molecule has 2 saturated heterocycles. The van der Waals surface area contributed by atoms with Gasteiger partial charge in [-0.15, -0.1) is 0 Å². The van der Waals surface area contributed by atoms with Crippen molar-refractivity contribution in [3.63, 3.8) is 0 Å². The Bertz CT molecular complexity index is 684. The van der Waals surface area contributed by atoms with Crippen LogP contribution in [0.1, 0.15) is 43.9 Å². The first kappa shape index (κ1) is 20.5. The SMILES string of the molecule is CC1CCN(c2ncc3c(n2)CCC(C(=O)NCCCN2CCOCC2)C3)CC1. The van der Waals surface area contributed by atoms with Crippen molar-refractivity contribution in [3.8, 4) is 0 Å². The number of aromatic nitrogens is 2. The van der Waals surface area contributed by atoms with Gasteiger partial charge in [0.05, 0.1) is 13.2 Å². The number of aryl methyl sites for hydroxylation is 1. The first-order chi connectivity index (χ1) is 14.2. The summed E-state index contributed by atoms with van der Waals surface area (Å²) in [6, 6.07) is 0. The molecule has 1 aliphatic carbocycles. The van der Waals surface area contributed by atoms with Gasteiger partial charge in [0.1, 0.15) is 0 Å². The summed E-state index contributed by atoms with van der Waals surface area (Å²) < 4.78 is 5.37. The van der Waals surface area contributed by atoms with Crippen molar-refractivity contribution in [2.75, 3.05) is 57.4 Å². The van der Waals surface area contributed by atoms with Gasteiger partial charge < -0.3 is 15.0 Å². The number of fused-ring (bicyclic) bond motifs is 1. The van der Waals surface area contributed by atoms with Crippen LogP contribution in [0.3, 0.4) is 0 Å². The minimum absolute atomic E-state index is 0.0520. The van der Waals surface area contributed by atoms with Crippen LogP contribution in [-0.2, 0) is 22.4 Å². The molecule has 1 N–H and O–H groups in total. The molecule has 1 unspecified atom stereocenters. The molecule has 2 aliphatic heterocycles. The molecule has 1 atom stereocenters. The number of hydrogen-bond donors (Lipinski definition) is 1. The Kier molecular flexibility index (Phi) is 6.98. The molecule has 3 heterocycles. The van der Waals surface area contributed by atoms with Crippen LogP contribution >= 0.6 is 0 Å². The van der Waals surface area contributed by atoms with Crippen molar-refractivity contribution < 1.29 is 9.53 Å². The third-order valence-corrected chi connectivity index (χ3v) is 6.63. The lowest BCUT2D eigenvalue weighted by atomic mass is 9.86. The van der Waals surface area contributed by atoms with Crippen LogP contribution < -0.4 is 10.2 Å². The van der Waals surface area contributed by atoms with Crippen LogP contribution in [-0.4, -0.2) is 73.3 Å². The molecule has 3 aliphatic rings. The number of rotatable bonds is 6. The average molecular weight is 402 g/mol. The Morgan fingerprint density at radius 3 is 2.79 bits per heavy atom. The Hall–Kier alpha value is -1.73. The maximum absolute atomic E-state index is 12.6. The monoisotopic (exact) mass is 401 g/mol. The fourth-order valence-electron chi connectivity index (χ4n) is 4.57.